The summed E-state index contributed by atoms with van der Waals surface area (Å²) in [4.78, 5) is 7.66. The fourth-order valence-electron chi connectivity index (χ4n) is 0.601. The average molecular weight is 171 g/mol. The fraction of sp³-hybridized carbons (Fsp3) is 0.333. The standard InChI is InChI=1S/C6H9N3OS/c7-2-5-11(10)6-8-3-1-4-9-6/h1,3-4H,2,5,7H2. The van der Waals surface area contributed by atoms with Gasteiger partial charge in [0.2, 0.25) is 5.16 Å². The molecule has 2 N–H and O–H groups in total. The summed E-state index contributed by atoms with van der Waals surface area (Å²) in [6.45, 7) is 0.394. The first-order chi connectivity index (χ1) is 5.34. The van der Waals surface area contributed by atoms with Crippen LogP contribution in [0.4, 0.5) is 0 Å². The molecule has 1 aromatic rings. The minimum atomic E-state index is -1.13. The van der Waals surface area contributed by atoms with Crippen LogP contribution in [0.5, 0.6) is 0 Å². The molecule has 0 saturated carbocycles. The highest BCUT2D eigenvalue weighted by atomic mass is 32.2. The molecule has 1 rings (SSSR count). The Morgan fingerprint density at radius 1 is 1.45 bits per heavy atom. The zero-order chi connectivity index (χ0) is 8.10. The lowest BCUT2D eigenvalue weighted by molar-refractivity contribution is 0.675. The van der Waals surface area contributed by atoms with E-state index in [9.17, 15) is 4.21 Å². The van der Waals surface area contributed by atoms with Gasteiger partial charge in [-0.2, -0.15) is 0 Å². The molecule has 0 spiro atoms. The lowest BCUT2D eigenvalue weighted by Gasteiger charge is -1.95. The van der Waals surface area contributed by atoms with Gasteiger partial charge in [0.25, 0.3) is 0 Å². The Kier molecular flexibility index (Phi) is 3.13. The van der Waals surface area contributed by atoms with Crippen molar-refractivity contribution in [3.05, 3.63) is 18.5 Å². The van der Waals surface area contributed by atoms with Crippen molar-refractivity contribution < 1.29 is 4.21 Å². The first kappa shape index (κ1) is 8.29. The molecule has 0 radical (unpaired) electrons. The van der Waals surface area contributed by atoms with E-state index in [-0.39, 0.29) is 0 Å². The van der Waals surface area contributed by atoms with Crippen LogP contribution in [-0.4, -0.2) is 26.5 Å². The molecule has 1 heterocycles. The molecule has 4 nitrogen and oxygen atoms in total. The maximum absolute atomic E-state index is 11.2. The summed E-state index contributed by atoms with van der Waals surface area (Å²) in [7, 11) is -1.13. The van der Waals surface area contributed by atoms with Crippen LogP contribution >= 0.6 is 0 Å². The van der Waals surface area contributed by atoms with Crippen LogP contribution in [0, 0.1) is 0 Å². The van der Waals surface area contributed by atoms with Crippen LogP contribution in [0.1, 0.15) is 0 Å². The minimum Gasteiger partial charge on any atom is -0.330 e. The van der Waals surface area contributed by atoms with Crippen molar-refractivity contribution in [3.63, 3.8) is 0 Å². The Morgan fingerprint density at radius 3 is 2.64 bits per heavy atom. The molecule has 0 saturated heterocycles. The van der Waals surface area contributed by atoms with E-state index in [1.807, 2.05) is 0 Å². The molecule has 0 fully saturated rings. The van der Waals surface area contributed by atoms with Gasteiger partial charge < -0.3 is 5.73 Å². The van der Waals surface area contributed by atoms with Crippen molar-refractivity contribution in [2.45, 2.75) is 5.16 Å². The van der Waals surface area contributed by atoms with Crippen molar-refractivity contribution in [1.82, 2.24) is 9.97 Å². The van der Waals surface area contributed by atoms with E-state index in [2.05, 4.69) is 9.97 Å². The molecule has 0 aliphatic carbocycles. The van der Waals surface area contributed by atoms with E-state index in [4.69, 9.17) is 5.73 Å². The van der Waals surface area contributed by atoms with Crippen molar-refractivity contribution in [2.24, 2.45) is 5.73 Å². The number of hydrogen-bond acceptors (Lipinski definition) is 4. The third kappa shape index (κ3) is 2.36. The monoisotopic (exact) mass is 171 g/mol. The van der Waals surface area contributed by atoms with Gasteiger partial charge in [0.1, 0.15) is 0 Å². The highest BCUT2D eigenvalue weighted by molar-refractivity contribution is 7.84. The van der Waals surface area contributed by atoms with Gasteiger partial charge in [0.05, 0.1) is 10.8 Å². The molecule has 1 aromatic heterocycles. The van der Waals surface area contributed by atoms with Gasteiger partial charge in [-0.05, 0) is 6.07 Å². The van der Waals surface area contributed by atoms with Crippen LogP contribution in [0.3, 0.4) is 0 Å². The van der Waals surface area contributed by atoms with Crippen LogP contribution in [-0.2, 0) is 10.8 Å². The smallest absolute Gasteiger partial charge is 0.218 e. The zero-order valence-corrected chi connectivity index (χ0v) is 6.75. The van der Waals surface area contributed by atoms with Gasteiger partial charge in [-0.15, -0.1) is 0 Å². The third-order valence-electron chi connectivity index (χ3n) is 1.05. The van der Waals surface area contributed by atoms with E-state index in [0.717, 1.165) is 0 Å². The second-order valence-corrected chi connectivity index (χ2v) is 3.33. The lowest BCUT2D eigenvalue weighted by Crippen LogP contribution is -2.12. The van der Waals surface area contributed by atoms with Gasteiger partial charge in [-0.1, -0.05) is 0 Å². The topological polar surface area (TPSA) is 68.9 Å². The van der Waals surface area contributed by atoms with Crippen LogP contribution in [0.25, 0.3) is 0 Å². The summed E-state index contributed by atoms with van der Waals surface area (Å²) in [6.07, 6.45) is 3.13. The Morgan fingerprint density at radius 2 is 2.09 bits per heavy atom. The molecule has 0 amide bonds. The predicted molar refractivity (Wildman–Crippen MR) is 42.4 cm³/mol. The molecule has 0 aliphatic rings. The summed E-state index contributed by atoms with van der Waals surface area (Å²) in [5.41, 5.74) is 5.22. The summed E-state index contributed by atoms with van der Waals surface area (Å²) >= 11 is 0. The summed E-state index contributed by atoms with van der Waals surface area (Å²) < 4.78 is 11.2. The Balaban J connectivity index is 2.69. The van der Waals surface area contributed by atoms with Crippen molar-refractivity contribution in [1.29, 1.82) is 0 Å². The van der Waals surface area contributed by atoms with E-state index in [0.29, 0.717) is 17.5 Å². The van der Waals surface area contributed by atoms with Crippen LogP contribution in [0.15, 0.2) is 23.6 Å². The highest BCUT2D eigenvalue weighted by Crippen LogP contribution is 1.94. The molecule has 0 aliphatic heterocycles. The molecular weight excluding hydrogens is 162 g/mol. The SMILES string of the molecule is NCCS(=O)c1ncccn1. The van der Waals surface area contributed by atoms with E-state index in [1.54, 1.807) is 18.5 Å². The number of rotatable bonds is 3. The van der Waals surface area contributed by atoms with E-state index in [1.165, 1.54) is 0 Å². The fourth-order valence-corrected chi connectivity index (χ4v) is 1.35. The van der Waals surface area contributed by atoms with Crippen LogP contribution in [0.2, 0.25) is 0 Å². The summed E-state index contributed by atoms with van der Waals surface area (Å²) in [6, 6.07) is 1.68. The molecular formula is C6H9N3OS. The largest absolute Gasteiger partial charge is 0.330 e. The summed E-state index contributed by atoms with van der Waals surface area (Å²) in [5.74, 6) is 0.421. The minimum absolute atomic E-state index is 0.359. The number of nitrogens with two attached hydrogens (primary N) is 1. The van der Waals surface area contributed by atoms with Gasteiger partial charge in [0, 0.05) is 24.7 Å². The third-order valence-corrected chi connectivity index (χ3v) is 2.27. The maximum Gasteiger partial charge on any atom is 0.218 e. The Bertz CT molecular complexity index is 239. The van der Waals surface area contributed by atoms with E-state index < -0.39 is 10.8 Å². The van der Waals surface area contributed by atoms with Gasteiger partial charge in [-0.25, -0.2) is 9.97 Å². The zero-order valence-electron chi connectivity index (χ0n) is 5.93. The van der Waals surface area contributed by atoms with Gasteiger partial charge >= 0.3 is 0 Å². The molecule has 5 heteroatoms. The van der Waals surface area contributed by atoms with Gasteiger partial charge in [0.15, 0.2) is 0 Å². The second kappa shape index (κ2) is 4.15. The quantitative estimate of drug-likeness (QED) is 0.625. The Labute approximate surface area is 67.3 Å². The summed E-state index contributed by atoms with van der Waals surface area (Å²) in [5, 5.41) is 0.359. The van der Waals surface area contributed by atoms with E-state index >= 15 is 0 Å². The second-order valence-electron chi connectivity index (χ2n) is 1.87. The molecule has 11 heavy (non-hydrogen) atoms. The highest BCUT2D eigenvalue weighted by Gasteiger charge is 2.02. The van der Waals surface area contributed by atoms with Crippen LogP contribution < -0.4 is 5.73 Å². The van der Waals surface area contributed by atoms with Crippen molar-refractivity contribution in [3.8, 4) is 0 Å². The molecule has 0 bridgehead atoms. The number of hydrogen-bond donors (Lipinski definition) is 1. The average Bonchev–Trinajstić information content (AvgIpc) is 2.07. The number of aromatic nitrogens is 2. The number of nitrogens with zero attached hydrogens (tertiary/aromatic N) is 2. The van der Waals surface area contributed by atoms with Crippen molar-refractivity contribution >= 4 is 10.8 Å². The first-order valence-electron chi connectivity index (χ1n) is 3.20. The maximum atomic E-state index is 11.2. The molecule has 0 aromatic carbocycles. The molecule has 60 valence electrons. The first-order valence-corrected chi connectivity index (χ1v) is 4.52. The lowest BCUT2D eigenvalue weighted by atomic mass is 10.7. The van der Waals surface area contributed by atoms with Crippen molar-refractivity contribution in [2.75, 3.05) is 12.3 Å². The van der Waals surface area contributed by atoms with Gasteiger partial charge in [-0.3, -0.25) is 4.21 Å². The Hall–Kier alpha value is -0.810. The predicted octanol–water partition coefficient (Wildman–Crippen LogP) is -0.457. The molecule has 1 unspecified atom stereocenters. The normalized spacial score (nSPS) is 12.8. The molecule has 1 atom stereocenters.